The zero-order chi connectivity index (χ0) is 25.5. The minimum absolute atomic E-state index is 0.499. The molecule has 2 N–H and O–H groups in total. The minimum atomic E-state index is -1.47. The third-order valence-corrected chi connectivity index (χ3v) is 7.04. The third-order valence-electron chi connectivity index (χ3n) is 6.79. The van der Waals surface area contributed by atoms with E-state index in [1.165, 1.54) is 50.5 Å². The molecule has 0 amide bonds. The summed E-state index contributed by atoms with van der Waals surface area (Å²) in [5.41, 5.74) is 1.22. The first-order valence-electron chi connectivity index (χ1n) is 13.4. The van der Waals surface area contributed by atoms with Crippen LogP contribution in [-0.2, 0) is 25.5 Å². The molecule has 0 spiro atoms. The first-order chi connectivity index (χ1) is 16.9. The number of carbonyl (C=O) groups is 2. The van der Waals surface area contributed by atoms with Gasteiger partial charge in [0.2, 0.25) is 0 Å². The number of aryl methyl sites for hydroxylation is 1. The Labute approximate surface area is 215 Å². The van der Waals surface area contributed by atoms with E-state index in [-0.39, 0.29) is 0 Å². The number of carboxylic acids is 2. The van der Waals surface area contributed by atoms with Crippen molar-refractivity contribution < 1.29 is 29.3 Å². The van der Waals surface area contributed by atoms with Gasteiger partial charge >= 0.3 is 11.9 Å². The van der Waals surface area contributed by atoms with Crippen LogP contribution in [0, 0.1) is 0 Å². The fourth-order valence-corrected chi connectivity index (χ4v) is 4.89. The molecule has 0 aliphatic carbocycles. The fraction of sp³-hybridized carbons (Fsp3) is 0.714. The first-order valence-corrected chi connectivity index (χ1v) is 13.8. The van der Waals surface area contributed by atoms with Gasteiger partial charge in [-0.15, -0.1) is 0 Å². The average molecular weight is 511 g/mol. The van der Waals surface area contributed by atoms with Gasteiger partial charge in [-0.3, -0.25) is 0 Å². The predicted molar refractivity (Wildman–Crippen MR) is 138 cm³/mol. The number of hydrogen-bond donors (Lipinski definition) is 2. The van der Waals surface area contributed by atoms with Gasteiger partial charge in [0.15, 0.2) is 18.0 Å². The minimum Gasteiger partial charge on any atom is -0.479 e. The standard InChI is InChI=1S/C28H43ClO6/c1-2-3-4-5-6-7-8-9-10-13-20-28(34-24(26(30)31)25(35-28)27(32)33)21-14-11-12-15-22-16-18-23(29)19-17-22/h16-19,24-25H,2-15,20-21H2,1H3,(H,30,31)(H,32,33)/t24-,25-/m1/s1. The van der Waals surface area contributed by atoms with Crippen LogP contribution in [0.3, 0.4) is 0 Å². The Morgan fingerprint density at radius 3 is 1.63 bits per heavy atom. The van der Waals surface area contributed by atoms with Gasteiger partial charge in [-0.1, -0.05) is 94.9 Å². The molecule has 35 heavy (non-hydrogen) atoms. The largest absolute Gasteiger partial charge is 0.479 e. The Bertz CT molecular complexity index is 728. The van der Waals surface area contributed by atoms with E-state index >= 15 is 0 Å². The highest BCUT2D eigenvalue weighted by Crippen LogP contribution is 2.38. The monoisotopic (exact) mass is 510 g/mol. The van der Waals surface area contributed by atoms with E-state index in [1.807, 2.05) is 24.3 Å². The Morgan fingerprint density at radius 2 is 1.17 bits per heavy atom. The van der Waals surface area contributed by atoms with Gasteiger partial charge < -0.3 is 19.7 Å². The highest BCUT2D eigenvalue weighted by Gasteiger charge is 2.53. The molecule has 0 aromatic heterocycles. The molecule has 1 aromatic rings. The van der Waals surface area contributed by atoms with Crippen LogP contribution >= 0.6 is 11.6 Å². The molecular weight excluding hydrogens is 468 g/mol. The predicted octanol–water partition coefficient (Wildman–Crippen LogP) is 7.40. The SMILES string of the molecule is CCCCCCCCCCCCC1(CCCCCc2ccc(Cl)cc2)O[C@@H](C(=O)O)[C@H](C(=O)O)O1. The summed E-state index contributed by atoms with van der Waals surface area (Å²) in [4.78, 5) is 23.3. The second-order valence-electron chi connectivity index (χ2n) is 9.78. The van der Waals surface area contributed by atoms with E-state index in [2.05, 4.69) is 6.92 Å². The number of carboxylic acid groups (broad SMARTS) is 2. The lowest BCUT2D eigenvalue weighted by atomic mass is 9.98. The van der Waals surface area contributed by atoms with Gasteiger partial charge in [0, 0.05) is 17.9 Å². The molecule has 0 bridgehead atoms. The van der Waals surface area contributed by atoms with Crippen molar-refractivity contribution >= 4 is 23.5 Å². The van der Waals surface area contributed by atoms with Crippen LogP contribution in [-0.4, -0.2) is 40.1 Å². The van der Waals surface area contributed by atoms with Crippen LogP contribution in [0.5, 0.6) is 0 Å². The van der Waals surface area contributed by atoms with Gasteiger partial charge in [0.25, 0.3) is 0 Å². The maximum atomic E-state index is 11.6. The highest BCUT2D eigenvalue weighted by atomic mass is 35.5. The van der Waals surface area contributed by atoms with Crippen molar-refractivity contribution in [2.45, 2.75) is 128 Å². The Morgan fingerprint density at radius 1 is 0.743 bits per heavy atom. The second kappa shape index (κ2) is 16.2. The molecule has 6 nitrogen and oxygen atoms in total. The molecule has 1 heterocycles. The molecule has 198 valence electrons. The molecule has 2 rings (SSSR count). The van der Waals surface area contributed by atoms with Gasteiger partial charge in [-0.25, -0.2) is 9.59 Å². The maximum absolute atomic E-state index is 11.6. The fourth-order valence-electron chi connectivity index (χ4n) is 4.77. The summed E-state index contributed by atoms with van der Waals surface area (Å²) >= 11 is 5.94. The van der Waals surface area contributed by atoms with E-state index in [4.69, 9.17) is 21.1 Å². The molecule has 0 radical (unpaired) electrons. The summed E-state index contributed by atoms with van der Waals surface area (Å²) in [5.74, 6) is -3.71. The van der Waals surface area contributed by atoms with E-state index < -0.39 is 29.9 Å². The molecule has 1 aromatic carbocycles. The second-order valence-corrected chi connectivity index (χ2v) is 10.2. The smallest absolute Gasteiger partial charge is 0.336 e. The van der Waals surface area contributed by atoms with Crippen LogP contribution in [0.25, 0.3) is 0 Å². The van der Waals surface area contributed by atoms with Crippen LogP contribution in [0.1, 0.15) is 109 Å². The molecule has 1 saturated heterocycles. The molecule has 1 fully saturated rings. The maximum Gasteiger partial charge on any atom is 0.336 e. The number of halogens is 1. The van der Waals surface area contributed by atoms with Crippen LogP contribution in [0.2, 0.25) is 5.02 Å². The molecule has 0 unspecified atom stereocenters. The Balaban J connectivity index is 1.79. The number of benzene rings is 1. The number of ether oxygens (including phenoxy) is 2. The number of aliphatic carboxylic acids is 2. The van der Waals surface area contributed by atoms with Gasteiger partial charge in [0.05, 0.1) is 0 Å². The van der Waals surface area contributed by atoms with Crippen LogP contribution < -0.4 is 0 Å². The summed E-state index contributed by atoms with van der Waals surface area (Å²) in [6, 6.07) is 7.81. The summed E-state index contributed by atoms with van der Waals surface area (Å²) in [6.45, 7) is 2.23. The van der Waals surface area contributed by atoms with E-state index in [1.54, 1.807) is 0 Å². The number of rotatable bonds is 19. The zero-order valence-corrected chi connectivity index (χ0v) is 21.9. The van der Waals surface area contributed by atoms with E-state index in [0.717, 1.165) is 50.0 Å². The number of unbranched alkanes of at least 4 members (excludes halogenated alkanes) is 11. The van der Waals surface area contributed by atoms with Crippen molar-refractivity contribution in [2.75, 3.05) is 0 Å². The molecule has 0 saturated carbocycles. The van der Waals surface area contributed by atoms with E-state index in [9.17, 15) is 19.8 Å². The third kappa shape index (κ3) is 10.9. The van der Waals surface area contributed by atoms with Crippen molar-refractivity contribution in [1.29, 1.82) is 0 Å². The summed E-state index contributed by atoms with van der Waals surface area (Å²) in [6.07, 6.45) is 13.6. The van der Waals surface area contributed by atoms with E-state index in [0.29, 0.717) is 12.8 Å². The molecular formula is C28H43ClO6. The number of hydrogen-bond acceptors (Lipinski definition) is 4. The quantitative estimate of drug-likeness (QED) is 0.188. The van der Waals surface area contributed by atoms with Crippen molar-refractivity contribution in [3.05, 3.63) is 34.9 Å². The van der Waals surface area contributed by atoms with Crippen molar-refractivity contribution in [3.8, 4) is 0 Å². The molecule has 1 aliphatic heterocycles. The lowest BCUT2D eigenvalue weighted by Crippen LogP contribution is -2.36. The first kappa shape index (κ1) is 29.6. The van der Waals surface area contributed by atoms with Gasteiger partial charge in [-0.2, -0.15) is 0 Å². The average Bonchev–Trinajstić information content (AvgIpc) is 3.22. The summed E-state index contributed by atoms with van der Waals surface area (Å²) in [7, 11) is 0. The summed E-state index contributed by atoms with van der Waals surface area (Å²) in [5, 5.41) is 19.7. The van der Waals surface area contributed by atoms with Crippen molar-refractivity contribution in [2.24, 2.45) is 0 Å². The van der Waals surface area contributed by atoms with Crippen molar-refractivity contribution in [3.63, 3.8) is 0 Å². The molecule has 7 heteroatoms. The van der Waals surface area contributed by atoms with Crippen molar-refractivity contribution in [1.82, 2.24) is 0 Å². The van der Waals surface area contributed by atoms with Gasteiger partial charge in [-0.05, 0) is 43.4 Å². The Kier molecular flexibility index (Phi) is 13.7. The van der Waals surface area contributed by atoms with Gasteiger partial charge in [0.1, 0.15) is 0 Å². The highest BCUT2D eigenvalue weighted by molar-refractivity contribution is 6.30. The van der Waals surface area contributed by atoms with Crippen LogP contribution in [0.15, 0.2) is 24.3 Å². The normalized spacial score (nSPS) is 19.1. The zero-order valence-electron chi connectivity index (χ0n) is 21.2. The summed E-state index contributed by atoms with van der Waals surface area (Å²) < 4.78 is 11.7. The lowest BCUT2D eigenvalue weighted by Gasteiger charge is -2.28. The molecule has 2 atom stereocenters. The Hall–Kier alpha value is -1.63. The van der Waals surface area contributed by atoms with Crippen LogP contribution in [0.4, 0.5) is 0 Å². The molecule has 1 aliphatic rings. The topological polar surface area (TPSA) is 93.1 Å². The lowest BCUT2D eigenvalue weighted by molar-refractivity contribution is -0.195.